The zero-order valence-electron chi connectivity index (χ0n) is 10.6. The lowest BCUT2D eigenvalue weighted by molar-refractivity contribution is -0.140. The molecule has 2 heterocycles. The second-order valence-corrected chi connectivity index (χ2v) is 4.36. The summed E-state index contributed by atoms with van der Waals surface area (Å²) in [6.45, 7) is 2.42. The maximum atomic E-state index is 11.7. The van der Waals surface area contributed by atoms with Crippen LogP contribution in [-0.2, 0) is 16.1 Å². The van der Waals surface area contributed by atoms with E-state index in [-0.39, 0.29) is 24.4 Å². The molecule has 98 valence electrons. The minimum atomic E-state index is -0.343. The molecule has 6 nitrogen and oxygen atoms in total. The van der Waals surface area contributed by atoms with Crippen molar-refractivity contribution in [3.8, 4) is 6.07 Å². The third-order valence-electron chi connectivity index (χ3n) is 3.11. The molecule has 1 aliphatic heterocycles. The number of pyridine rings is 1. The summed E-state index contributed by atoms with van der Waals surface area (Å²) in [7, 11) is 0. The van der Waals surface area contributed by atoms with Crippen LogP contribution in [0.2, 0.25) is 0 Å². The van der Waals surface area contributed by atoms with Gasteiger partial charge in [-0.05, 0) is 12.5 Å². The molecule has 1 atom stereocenters. The number of piperazine rings is 1. The lowest BCUT2D eigenvalue weighted by Gasteiger charge is -2.33. The number of rotatable bonds is 3. The highest BCUT2D eigenvalue weighted by atomic mass is 16.2. The van der Waals surface area contributed by atoms with Gasteiger partial charge in [-0.3, -0.25) is 19.8 Å². The van der Waals surface area contributed by atoms with Crippen molar-refractivity contribution in [2.24, 2.45) is 0 Å². The maximum absolute atomic E-state index is 11.7. The Morgan fingerprint density at radius 2 is 2.37 bits per heavy atom. The first-order valence-electron chi connectivity index (χ1n) is 6.07. The van der Waals surface area contributed by atoms with Gasteiger partial charge in [-0.2, -0.15) is 5.26 Å². The Hall–Kier alpha value is -2.26. The third-order valence-corrected chi connectivity index (χ3v) is 3.11. The first kappa shape index (κ1) is 13.2. The standard InChI is InChI=1S/C13H14N4O2/c1-2-11-13(19)16-12(18)8-17(11)7-9-4-3-5-15-10(9)6-14/h3-5,11H,2,7-8H2,1H3,(H,16,18,19). The van der Waals surface area contributed by atoms with Crippen LogP contribution in [-0.4, -0.2) is 34.3 Å². The number of hydrogen-bond donors (Lipinski definition) is 1. The fourth-order valence-electron chi connectivity index (χ4n) is 2.22. The van der Waals surface area contributed by atoms with Crippen molar-refractivity contribution in [3.05, 3.63) is 29.6 Å². The maximum Gasteiger partial charge on any atom is 0.243 e. The molecule has 1 aromatic heterocycles. The predicted molar refractivity (Wildman–Crippen MR) is 66.6 cm³/mol. The van der Waals surface area contributed by atoms with Gasteiger partial charge >= 0.3 is 0 Å². The van der Waals surface area contributed by atoms with Gasteiger partial charge in [0.2, 0.25) is 11.8 Å². The van der Waals surface area contributed by atoms with Gasteiger partial charge in [-0.25, -0.2) is 4.98 Å². The Morgan fingerprint density at radius 3 is 3.05 bits per heavy atom. The quantitative estimate of drug-likeness (QED) is 0.782. The van der Waals surface area contributed by atoms with Crippen LogP contribution in [0.1, 0.15) is 24.6 Å². The Morgan fingerprint density at radius 1 is 1.58 bits per heavy atom. The fourth-order valence-corrected chi connectivity index (χ4v) is 2.22. The largest absolute Gasteiger partial charge is 0.294 e. The molecular formula is C13H14N4O2. The molecule has 1 unspecified atom stereocenters. The SMILES string of the molecule is CCC1C(=O)NC(=O)CN1Cc1cccnc1C#N. The summed E-state index contributed by atoms with van der Waals surface area (Å²) in [6.07, 6.45) is 2.16. The Labute approximate surface area is 111 Å². The van der Waals surface area contributed by atoms with Gasteiger partial charge < -0.3 is 0 Å². The van der Waals surface area contributed by atoms with Crippen molar-refractivity contribution in [2.45, 2.75) is 25.9 Å². The molecule has 0 bridgehead atoms. The van der Waals surface area contributed by atoms with Crippen LogP contribution in [0.3, 0.4) is 0 Å². The molecule has 1 aromatic rings. The predicted octanol–water partition coefficient (Wildman–Crippen LogP) is 0.190. The minimum absolute atomic E-state index is 0.157. The molecule has 1 aliphatic rings. The highest BCUT2D eigenvalue weighted by Gasteiger charge is 2.32. The van der Waals surface area contributed by atoms with Gasteiger partial charge in [0.25, 0.3) is 0 Å². The molecule has 0 spiro atoms. The molecule has 1 fully saturated rings. The number of imide groups is 1. The van der Waals surface area contributed by atoms with Crippen LogP contribution in [0.15, 0.2) is 18.3 Å². The number of amides is 2. The highest BCUT2D eigenvalue weighted by Crippen LogP contribution is 2.15. The van der Waals surface area contributed by atoms with Crippen LogP contribution >= 0.6 is 0 Å². The van der Waals surface area contributed by atoms with Crippen LogP contribution in [0.25, 0.3) is 0 Å². The lowest BCUT2D eigenvalue weighted by Crippen LogP contribution is -2.57. The van der Waals surface area contributed by atoms with Crippen molar-refractivity contribution in [3.63, 3.8) is 0 Å². The Kier molecular flexibility index (Phi) is 3.88. The van der Waals surface area contributed by atoms with E-state index >= 15 is 0 Å². The Balaban J connectivity index is 2.23. The molecule has 0 aromatic carbocycles. The summed E-state index contributed by atoms with van der Waals surface area (Å²) in [5, 5.41) is 11.3. The number of carbonyl (C=O) groups is 2. The second-order valence-electron chi connectivity index (χ2n) is 4.36. The molecule has 19 heavy (non-hydrogen) atoms. The van der Waals surface area contributed by atoms with Crippen molar-refractivity contribution in [1.29, 1.82) is 5.26 Å². The van der Waals surface area contributed by atoms with E-state index in [4.69, 9.17) is 5.26 Å². The van der Waals surface area contributed by atoms with Crippen LogP contribution in [0.5, 0.6) is 0 Å². The van der Waals surface area contributed by atoms with Crippen molar-refractivity contribution in [2.75, 3.05) is 6.54 Å². The molecule has 2 rings (SSSR count). The number of hydrogen-bond acceptors (Lipinski definition) is 5. The van der Waals surface area contributed by atoms with E-state index in [0.29, 0.717) is 18.7 Å². The molecular weight excluding hydrogens is 244 g/mol. The van der Waals surface area contributed by atoms with E-state index in [2.05, 4.69) is 10.3 Å². The number of carbonyl (C=O) groups excluding carboxylic acids is 2. The van der Waals surface area contributed by atoms with Gasteiger partial charge in [-0.15, -0.1) is 0 Å². The van der Waals surface area contributed by atoms with Crippen molar-refractivity contribution in [1.82, 2.24) is 15.2 Å². The summed E-state index contributed by atoms with van der Waals surface area (Å²) in [6, 6.07) is 5.20. The van der Waals surface area contributed by atoms with E-state index < -0.39 is 0 Å². The average Bonchev–Trinajstić information content (AvgIpc) is 2.39. The van der Waals surface area contributed by atoms with Gasteiger partial charge in [0.15, 0.2) is 0 Å². The summed E-state index contributed by atoms with van der Waals surface area (Å²) in [4.78, 5) is 28.9. The van der Waals surface area contributed by atoms with Crippen molar-refractivity contribution < 1.29 is 9.59 Å². The summed E-state index contributed by atoms with van der Waals surface area (Å²) >= 11 is 0. The van der Waals surface area contributed by atoms with E-state index in [1.165, 1.54) is 0 Å². The molecule has 0 radical (unpaired) electrons. The molecule has 1 N–H and O–H groups in total. The van der Waals surface area contributed by atoms with Crippen LogP contribution < -0.4 is 5.32 Å². The number of nitrogens with one attached hydrogen (secondary N) is 1. The van der Waals surface area contributed by atoms with Gasteiger partial charge in [0, 0.05) is 18.3 Å². The van der Waals surface area contributed by atoms with E-state index in [1.54, 1.807) is 23.2 Å². The van der Waals surface area contributed by atoms with Gasteiger partial charge in [-0.1, -0.05) is 13.0 Å². The molecule has 6 heteroatoms. The number of aromatic nitrogens is 1. The normalized spacial score (nSPS) is 19.9. The number of nitrogens with zero attached hydrogens (tertiary/aromatic N) is 3. The fraction of sp³-hybridized carbons (Fsp3) is 0.385. The zero-order chi connectivity index (χ0) is 13.8. The first-order valence-corrected chi connectivity index (χ1v) is 6.07. The summed E-state index contributed by atoms with van der Waals surface area (Å²) in [5.41, 5.74) is 1.06. The summed E-state index contributed by atoms with van der Waals surface area (Å²) in [5.74, 6) is -0.585. The van der Waals surface area contributed by atoms with E-state index in [9.17, 15) is 9.59 Å². The average molecular weight is 258 g/mol. The molecule has 0 saturated carbocycles. The Bertz CT molecular complexity index is 550. The second kappa shape index (κ2) is 5.59. The van der Waals surface area contributed by atoms with Gasteiger partial charge in [0.05, 0.1) is 12.6 Å². The van der Waals surface area contributed by atoms with E-state index in [0.717, 1.165) is 5.56 Å². The zero-order valence-corrected chi connectivity index (χ0v) is 10.6. The lowest BCUT2D eigenvalue weighted by atomic mass is 10.1. The number of nitriles is 1. The smallest absolute Gasteiger partial charge is 0.243 e. The van der Waals surface area contributed by atoms with Crippen molar-refractivity contribution >= 4 is 11.8 Å². The minimum Gasteiger partial charge on any atom is -0.294 e. The summed E-state index contributed by atoms with van der Waals surface area (Å²) < 4.78 is 0. The third kappa shape index (κ3) is 2.77. The van der Waals surface area contributed by atoms with Gasteiger partial charge in [0.1, 0.15) is 11.8 Å². The molecule has 2 amide bonds. The van der Waals surface area contributed by atoms with Crippen LogP contribution in [0, 0.1) is 11.3 Å². The highest BCUT2D eigenvalue weighted by molar-refractivity contribution is 6.01. The first-order chi connectivity index (χ1) is 9.15. The monoisotopic (exact) mass is 258 g/mol. The topological polar surface area (TPSA) is 86.1 Å². The van der Waals surface area contributed by atoms with E-state index in [1.807, 2.05) is 13.0 Å². The molecule has 1 saturated heterocycles. The van der Waals surface area contributed by atoms with Crippen LogP contribution in [0.4, 0.5) is 0 Å². The molecule has 0 aliphatic carbocycles.